The van der Waals surface area contributed by atoms with Crippen LogP contribution in [0, 0.1) is 6.92 Å². The number of hydrogen-bond acceptors (Lipinski definition) is 4. The number of nitrogens with zero attached hydrogens (tertiary/aromatic N) is 1. The molecule has 0 bridgehead atoms. The minimum Gasteiger partial charge on any atom is -0.494 e. The van der Waals surface area contributed by atoms with Gasteiger partial charge in [-0.05, 0) is 37.6 Å². The molecule has 1 aromatic heterocycles. The molecule has 2 unspecified atom stereocenters. The maximum atomic E-state index is 12.2. The zero-order valence-electron chi connectivity index (χ0n) is 16.4. The van der Waals surface area contributed by atoms with Crippen molar-refractivity contribution in [3.05, 3.63) is 57.4 Å². The molecule has 1 N–H and O–H groups in total. The van der Waals surface area contributed by atoms with E-state index >= 15 is 0 Å². The summed E-state index contributed by atoms with van der Waals surface area (Å²) in [5.74, 6) is 0.875. The molecule has 0 saturated carbocycles. The molecule has 0 spiro atoms. The number of hydrogen-bond donors (Lipinski definition) is 1. The Morgan fingerprint density at radius 1 is 1.33 bits per heavy atom. The lowest BCUT2D eigenvalue weighted by Crippen LogP contribution is -2.36. The summed E-state index contributed by atoms with van der Waals surface area (Å²) in [5, 5.41) is 0. The van der Waals surface area contributed by atoms with E-state index in [1.54, 1.807) is 17.9 Å². The molecule has 27 heavy (non-hydrogen) atoms. The first-order chi connectivity index (χ1) is 12.8. The maximum Gasteiger partial charge on any atom is 0.253 e. The molecule has 0 radical (unpaired) electrons. The van der Waals surface area contributed by atoms with Crippen molar-refractivity contribution >= 4 is 11.0 Å². The van der Waals surface area contributed by atoms with E-state index in [4.69, 9.17) is 9.47 Å². The van der Waals surface area contributed by atoms with Crippen molar-refractivity contribution in [3.63, 3.8) is 0 Å². The van der Waals surface area contributed by atoms with Crippen LogP contribution in [0.4, 0.5) is 0 Å². The highest BCUT2D eigenvalue weighted by atomic mass is 32.2. The molecular weight excluding hydrogens is 364 g/mol. The highest BCUT2D eigenvalue weighted by molar-refractivity contribution is 7.82. The van der Waals surface area contributed by atoms with Crippen LogP contribution < -0.4 is 10.3 Å². The first kappa shape index (κ1) is 19.9. The van der Waals surface area contributed by atoms with E-state index < -0.39 is 16.4 Å². The van der Waals surface area contributed by atoms with Crippen LogP contribution in [0.5, 0.6) is 0 Å². The van der Waals surface area contributed by atoms with Crippen LogP contribution in [0.2, 0.25) is 0 Å². The van der Waals surface area contributed by atoms with Crippen LogP contribution in [0.15, 0.2) is 40.7 Å². The van der Waals surface area contributed by atoms with Gasteiger partial charge in [0.2, 0.25) is 0 Å². The molecule has 148 valence electrons. The van der Waals surface area contributed by atoms with Gasteiger partial charge in [-0.25, -0.2) is 4.21 Å². The molecule has 0 amide bonds. The minimum atomic E-state index is -1.14. The molecule has 2 heterocycles. The standard InChI is InChI=1S/C20H28N2O4S/c1-14-11-15(13-22(3)19(14)23)20(2)12-16(21-27(4)24)5-6-18(20)26-17-7-9-25-10-8-17/h5-6,11,13,17,21H,7-10,12H2,1-4H3. The van der Waals surface area contributed by atoms with E-state index in [0.29, 0.717) is 25.2 Å². The molecule has 1 saturated heterocycles. The van der Waals surface area contributed by atoms with Gasteiger partial charge in [-0.1, -0.05) is 0 Å². The Labute approximate surface area is 162 Å². The Morgan fingerprint density at radius 2 is 2.04 bits per heavy atom. The van der Waals surface area contributed by atoms with Crippen LogP contribution in [0.1, 0.15) is 37.3 Å². The van der Waals surface area contributed by atoms with Crippen molar-refractivity contribution < 1.29 is 13.7 Å². The van der Waals surface area contributed by atoms with Gasteiger partial charge in [0.1, 0.15) is 22.8 Å². The van der Waals surface area contributed by atoms with Gasteiger partial charge in [0.25, 0.3) is 5.56 Å². The number of aryl methyl sites for hydroxylation is 2. The molecule has 3 rings (SSSR count). The van der Waals surface area contributed by atoms with Gasteiger partial charge >= 0.3 is 0 Å². The summed E-state index contributed by atoms with van der Waals surface area (Å²) in [6.45, 7) is 5.37. The summed E-state index contributed by atoms with van der Waals surface area (Å²) in [6.07, 6.45) is 9.89. The monoisotopic (exact) mass is 392 g/mol. The second kappa shape index (κ2) is 8.02. The zero-order valence-corrected chi connectivity index (χ0v) is 17.2. The van der Waals surface area contributed by atoms with Crippen molar-refractivity contribution in [1.29, 1.82) is 0 Å². The average molecular weight is 393 g/mol. The molecule has 1 aromatic rings. The van der Waals surface area contributed by atoms with Gasteiger partial charge in [-0.3, -0.25) is 4.79 Å². The molecule has 1 aliphatic heterocycles. The van der Waals surface area contributed by atoms with E-state index in [1.807, 2.05) is 31.3 Å². The van der Waals surface area contributed by atoms with Crippen molar-refractivity contribution in [2.75, 3.05) is 19.5 Å². The van der Waals surface area contributed by atoms with Gasteiger partial charge in [0, 0.05) is 50.0 Å². The van der Waals surface area contributed by atoms with Crippen molar-refractivity contribution in [2.24, 2.45) is 7.05 Å². The molecular formula is C20H28N2O4S. The summed E-state index contributed by atoms with van der Waals surface area (Å²) < 4.78 is 28.1. The number of nitrogens with one attached hydrogen (secondary N) is 1. The van der Waals surface area contributed by atoms with Crippen LogP contribution in [0.3, 0.4) is 0 Å². The Kier molecular flexibility index (Phi) is 5.91. The average Bonchev–Trinajstić information content (AvgIpc) is 2.62. The van der Waals surface area contributed by atoms with Crippen LogP contribution in [-0.2, 0) is 32.9 Å². The fraction of sp³-hybridized carbons (Fsp3) is 0.550. The zero-order chi connectivity index (χ0) is 19.6. The van der Waals surface area contributed by atoms with E-state index in [1.165, 1.54) is 0 Å². The van der Waals surface area contributed by atoms with Crippen molar-refractivity contribution in [2.45, 2.75) is 44.6 Å². The lowest BCUT2D eigenvalue weighted by molar-refractivity contribution is -0.0142. The third-order valence-electron chi connectivity index (χ3n) is 5.26. The number of ether oxygens (including phenoxy) is 2. The molecule has 2 atom stereocenters. The molecule has 7 heteroatoms. The van der Waals surface area contributed by atoms with Crippen molar-refractivity contribution in [1.82, 2.24) is 9.29 Å². The topological polar surface area (TPSA) is 69.6 Å². The second-order valence-corrected chi connectivity index (χ2v) is 8.66. The van der Waals surface area contributed by atoms with E-state index in [9.17, 15) is 9.00 Å². The maximum absolute atomic E-state index is 12.2. The SMILES string of the molecule is Cc1cc(C2(C)CC(NS(C)=O)=CC=C2OC2CCOCC2)cn(C)c1=O. The van der Waals surface area contributed by atoms with Crippen LogP contribution >= 0.6 is 0 Å². The Bertz CT molecular complexity index is 826. The second-order valence-electron chi connectivity index (χ2n) is 7.55. The van der Waals surface area contributed by atoms with E-state index in [-0.39, 0.29) is 11.7 Å². The molecule has 2 aliphatic rings. The largest absolute Gasteiger partial charge is 0.494 e. The molecule has 0 aromatic carbocycles. The van der Waals surface area contributed by atoms with Crippen molar-refractivity contribution in [3.8, 4) is 0 Å². The number of pyridine rings is 1. The third-order valence-corrected chi connectivity index (χ3v) is 5.81. The first-order valence-electron chi connectivity index (χ1n) is 9.23. The lowest BCUT2D eigenvalue weighted by Gasteiger charge is -2.38. The Hall–Kier alpha value is -1.86. The minimum absolute atomic E-state index is 0.00223. The van der Waals surface area contributed by atoms with Gasteiger partial charge in [-0.15, -0.1) is 0 Å². The number of aromatic nitrogens is 1. The normalized spacial score (nSPS) is 24.7. The smallest absolute Gasteiger partial charge is 0.253 e. The van der Waals surface area contributed by atoms with Gasteiger partial charge in [0.15, 0.2) is 0 Å². The molecule has 1 fully saturated rings. The Balaban J connectivity index is 1.99. The summed E-state index contributed by atoms with van der Waals surface area (Å²) in [6, 6.07) is 1.94. The highest BCUT2D eigenvalue weighted by Gasteiger charge is 2.38. The number of rotatable bonds is 5. The summed E-state index contributed by atoms with van der Waals surface area (Å²) in [7, 11) is 0.625. The first-order valence-corrected chi connectivity index (χ1v) is 10.8. The highest BCUT2D eigenvalue weighted by Crippen LogP contribution is 2.41. The fourth-order valence-electron chi connectivity index (χ4n) is 3.71. The lowest BCUT2D eigenvalue weighted by atomic mass is 9.74. The van der Waals surface area contributed by atoms with Gasteiger partial charge in [-0.2, -0.15) is 0 Å². The fourth-order valence-corrected chi connectivity index (χ4v) is 4.22. The van der Waals surface area contributed by atoms with Gasteiger partial charge < -0.3 is 18.8 Å². The quantitative estimate of drug-likeness (QED) is 0.834. The third kappa shape index (κ3) is 4.35. The van der Waals surface area contributed by atoms with Crippen LogP contribution in [-0.4, -0.2) is 34.3 Å². The Morgan fingerprint density at radius 3 is 2.67 bits per heavy atom. The summed E-state index contributed by atoms with van der Waals surface area (Å²) in [4.78, 5) is 12.2. The predicted octanol–water partition coefficient (Wildman–Crippen LogP) is 2.20. The van der Waals surface area contributed by atoms with E-state index in [2.05, 4.69) is 11.6 Å². The predicted molar refractivity (Wildman–Crippen MR) is 107 cm³/mol. The summed E-state index contributed by atoms with van der Waals surface area (Å²) >= 11 is 0. The molecule has 1 aliphatic carbocycles. The molecule has 6 nitrogen and oxygen atoms in total. The van der Waals surface area contributed by atoms with E-state index in [0.717, 1.165) is 29.9 Å². The van der Waals surface area contributed by atoms with Crippen LogP contribution in [0.25, 0.3) is 0 Å². The van der Waals surface area contributed by atoms with Gasteiger partial charge in [0.05, 0.1) is 18.6 Å². The number of allylic oxidation sites excluding steroid dienone is 4. The summed E-state index contributed by atoms with van der Waals surface area (Å²) in [5.41, 5.74) is 2.14.